The van der Waals surface area contributed by atoms with Gasteiger partial charge in [-0.2, -0.15) is 10.4 Å². The summed E-state index contributed by atoms with van der Waals surface area (Å²) in [5, 5.41) is 21.0. The van der Waals surface area contributed by atoms with Gasteiger partial charge in [0.1, 0.15) is 23.1 Å². The van der Waals surface area contributed by atoms with Crippen molar-refractivity contribution in [3.8, 4) is 17.3 Å². The van der Waals surface area contributed by atoms with Crippen LogP contribution in [0.25, 0.3) is 11.3 Å². The zero-order chi connectivity index (χ0) is 23.6. The lowest BCUT2D eigenvalue weighted by atomic mass is 9.91. The standard InChI is InChI=1S/C24H28N6O3/c1-24(2,3)12-17-11-21(33-29-17)27-20(31)10-15-4-6-16(7-5-15)22-19(13-25)23(26)30(28-22)18-8-9-32-14-18/h4-7,11,18H,8-10,12,14,26H2,1-3H3,(H,27,31). The molecule has 3 N–H and O–H groups in total. The number of anilines is 2. The van der Waals surface area contributed by atoms with Crippen LogP contribution in [0.1, 0.15) is 50.1 Å². The molecule has 1 amide bonds. The number of nitrogen functional groups attached to an aromatic ring is 1. The van der Waals surface area contributed by atoms with E-state index in [0.717, 1.165) is 29.7 Å². The number of amides is 1. The SMILES string of the molecule is CC(C)(C)Cc1cc(NC(=O)Cc2ccc(-c3nn(C4CCOC4)c(N)c3C#N)cc2)on1. The Morgan fingerprint density at radius 3 is 2.73 bits per heavy atom. The molecule has 9 heteroatoms. The largest absolute Gasteiger partial charge is 0.383 e. The molecule has 1 aliphatic heterocycles. The smallest absolute Gasteiger partial charge is 0.231 e. The van der Waals surface area contributed by atoms with E-state index in [-0.39, 0.29) is 23.8 Å². The Labute approximate surface area is 192 Å². The monoisotopic (exact) mass is 448 g/mol. The number of aromatic nitrogens is 3. The molecule has 1 fully saturated rings. The van der Waals surface area contributed by atoms with Gasteiger partial charge < -0.3 is 15.0 Å². The van der Waals surface area contributed by atoms with Gasteiger partial charge in [-0.3, -0.25) is 10.1 Å². The van der Waals surface area contributed by atoms with Crippen LogP contribution in [-0.2, 0) is 22.4 Å². The highest BCUT2D eigenvalue weighted by atomic mass is 16.5. The number of hydrogen-bond donors (Lipinski definition) is 2. The fourth-order valence-corrected chi connectivity index (χ4v) is 3.90. The van der Waals surface area contributed by atoms with Gasteiger partial charge in [-0.1, -0.05) is 50.2 Å². The predicted octanol–water partition coefficient (Wildman–Crippen LogP) is 3.72. The Kier molecular flexibility index (Phi) is 6.20. The molecule has 1 aliphatic rings. The van der Waals surface area contributed by atoms with Gasteiger partial charge in [0, 0.05) is 18.2 Å². The molecule has 0 bridgehead atoms. The number of benzene rings is 1. The Morgan fingerprint density at radius 1 is 1.33 bits per heavy atom. The predicted molar refractivity (Wildman–Crippen MR) is 123 cm³/mol. The van der Waals surface area contributed by atoms with E-state index >= 15 is 0 Å². The maximum atomic E-state index is 12.4. The Morgan fingerprint density at radius 2 is 2.09 bits per heavy atom. The fourth-order valence-electron chi connectivity index (χ4n) is 3.90. The second-order valence-corrected chi connectivity index (χ2v) is 9.52. The number of carbonyl (C=O) groups excluding carboxylic acids is 1. The molecule has 1 aromatic carbocycles. The van der Waals surface area contributed by atoms with Gasteiger partial charge in [-0.05, 0) is 23.8 Å². The maximum absolute atomic E-state index is 12.4. The van der Waals surface area contributed by atoms with Crippen molar-refractivity contribution in [1.82, 2.24) is 14.9 Å². The van der Waals surface area contributed by atoms with E-state index in [9.17, 15) is 10.1 Å². The minimum absolute atomic E-state index is 0.0359. The van der Waals surface area contributed by atoms with Crippen molar-refractivity contribution < 1.29 is 14.1 Å². The number of hydrogen-bond acceptors (Lipinski definition) is 7. The minimum Gasteiger partial charge on any atom is -0.383 e. The van der Waals surface area contributed by atoms with Crippen molar-refractivity contribution in [3.05, 3.63) is 47.2 Å². The molecule has 0 aliphatic carbocycles. The average molecular weight is 449 g/mol. The molecule has 0 spiro atoms. The molecule has 1 unspecified atom stereocenters. The van der Waals surface area contributed by atoms with Crippen LogP contribution in [-0.4, -0.2) is 34.1 Å². The maximum Gasteiger partial charge on any atom is 0.231 e. The van der Waals surface area contributed by atoms with Crippen molar-refractivity contribution in [1.29, 1.82) is 5.26 Å². The lowest BCUT2D eigenvalue weighted by Gasteiger charge is -2.14. The first kappa shape index (κ1) is 22.6. The normalized spacial score (nSPS) is 16.0. The van der Waals surface area contributed by atoms with Crippen molar-refractivity contribution in [2.45, 2.75) is 46.1 Å². The zero-order valence-corrected chi connectivity index (χ0v) is 19.1. The lowest BCUT2D eigenvalue weighted by Crippen LogP contribution is -2.14. The summed E-state index contributed by atoms with van der Waals surface area (Å²) in [6.45, 7) is 7.54. The van der Waals surface area contributed by atoms with Crippen LogP contribution >= 0.6 is 0 Å². The van der Waals surface area contributed by atoms with Gasteiger partial charge in [0.2, 0.25) is 11.8 Å². The first-order valence-electron chi connectivity index (χ1n) is 10.9. The van der Waals surface area contributed by atoms with E-state index in [4.69, 9.17) is 15.0 Å². The second kappa shape index (κ2) is 9.08. The van der Waals surface area contributed by atoms with E-state index in [1.165, 1.54) is 0 Å². The van der Waals surface area contributed by atoms with Gasteiger partial charge in [-0.25, -0.2) is 4.68 Å². The number of nitrogens with zero attached hydrogens (tertiary/aromatic N) is 4. The van der Waals surface area contributed by atoms with Gasteiger partial charge in [-0.15, -0.1) is 0 Å². The number of rotatable bonds is 6. The molecule has 33 heavy (non-hydrogen) atoms. The lowest BCUT2D eigenvalue weighted by molar-refractivity contribution is -0.115. The Bertz CT molecular complexity index is 1170. The summed E-state index contributed by atoms with van der Waals surface area (Å²) in [4.78, 5) is 12.4. The summed E-state index contributed by atoms with van der Waals surface area (Å²) < 4.78 is 12.3. The minimum atomic E-state index is -0.200. The van der Waals surface area contributed by atoms with Crippen LogP contribution in [0, 0.1) is 16.7 Å². The van der Waals surface area contributed by atoms with Gasteiger partial charge in [0.05, 0.1) is 24.8 Å². The van der Waals surface area contributed by atoms with E-state index in [2.05, 4.69) is 42.4 Å². The summed E-state index contributed by atoms with van der Waals surface area (Å²) >= 11 is 0. The summed E-state index contributed by atoms with van der Waals surface area (Å²) in [6.07, 6.45) is 1.75. The summed E-state index contributed by atoms with van der Waals surface area (Å²) in [5.74, 6) is 0.490. The second-order valence-electron chi connectivity index (χ2n) is 9.52. The van der Waals surface area contributed by atoms with Crippen LogP contribution in [0.15, 0.2) is 34.9 Å². The van der Waals surface area contributed by atoms with Crippen LogP contribution in [0.3, 0.4) is 0 Å². The molecule has 3 heterocycles. The number of nitriles is 1. The topological polar surface area (TPSA) is 132 Å². The molecule has 0 radical (unpaired) electrons. The third-order valence-electron chi connectivity index (χ3n) is 5.44. The molecule has 0 saturated carbocycles. The van der Waals surface area contributed by atoms with Crippen LogP contribution in [0.5, 0.6) is 0 Å². The Balaban J connectivity index is 1.43. The van der Waals surface area contributed by atoms with E-state index in [1.807, 2.05) is 24.3 Å². The Hall–Kier alpha value is -3.64. The first-order chi connectivity index (χ1) is 15.7. The van der Waals surface area contributed by atoms with Crippen LogP contribution in [0.4, 0.5) is 11.7 Å². The van der Waals surface area contributed by atoms with Crippen molar-refractivity contribution in [2.75, 3.05) is 24.3 Å². The highest BCUT2D eigenvalue weighted by molar-refractivity contribution is 5.91. The van der Waals surface area contributed by atoms with Gasteiger partial charge >= 0.3 is 0 Å². The highest BCUT2D eigenvalue weighted by Gasteiger charge is 2.25. The summed E-state index contributed by atoms with van der Waals surface area (Å²) in [6, 6.07) is 11.3. The van der Waals surface area contributed by atoms with E-state index < -0.39 is 0 Å². The molecule has 172 valence electrons. The quantitative estimate of drug-likeness (QED) is 0.587. The molecular formula is C24H28N6O3. The number of ether oxygens (including phenoxy) is 1. The van der Waals surface area contributed by atoms with E-state index in [1.54, 1.807) is 10.7 Å². The molecule has 9 nitrogen and oxygen atoms in total. The molecular weight excluding hydrogens is 420 g/mol. The third-order valence-corrected chi connectivity index (χ3v) is 5.44. The fraction of sp³-hybridized carbons (Fsp3) is 0.417. The molecule has 4 rings (SSSR count). The van der Waals surface area contributed by atoms with Crippen molar-refractivity contribution >= 4 is 17.6 Å². The highest BCUT2D eigenvalue weighted by Crippen LogP contribution is 2.31. The van der Waals surface area contributed by atoms with E-state index in [0.29, 0.717) is 36.2 Å². The molecule has 1 saturated heterocycles. The molecule has 3 aromatic rings. The number of nitrogens with one attached hydrogen (secondary N) is 1. The summed E-state index contributed by atoms with van der Waals surface area (Å²) in [5.41, 5.74) is 9.55. The zero-order valence-electron chi connectivity index (χ0n) is 19.1. The summed E-state index contributed by atoms with van der Waals surface area (Å²) in [7, 11) is 0. The molecule has 1 atom stereocenters. The first-order valence-corrected chi connectivity index (χ1v) is 10.9. The van der Waals surface area contributed by atoms with Gasteiger partial charge in [0.25, 0.3) is 0 Å². The van der Waals surface area contributed by atoms with Crippen molar-refractivity contribution in [3.63, 3.8) is 0 Å². The third kappa shape index (κ3) is 5.23. The average Bonchev–Trinajstić information content (AvgIpc) is 3.48. The van der Waals surface area contributed by atoms with Gasteiger partial charge in [0.15, 0.2) is 0 Å². The van der Waals surface area contributed by atoms with Crippen LogP contribution < -0.4 is 11.1 Å². The molecule has 2 aromatic heterocycles. The number of carbonyl (C=O) groups is 1. The van der Waals surface area contributed by atoms with Crippen LogP contribution in [0.2, 0.25) is 0 Å². The number of nitrogens with two attached hydrogens (primary N) is 1. The van der Waals surface area contributed by atoms with Crippen molar-refractivity contribution in [2.24, 2.45) is 5.41 Å².